The van der Waals surface area contributed by atoms with Gasteiger partial charge < -0.3 is 4.90 Å². The van der Waals surface area contributed by atoms with Gasteiger partial charge in [0.2, 0.25) is 5.96 Å². The molecule has 0 aliphatic rings. The molecule has 0 radical (unpaired) electrons. The van der Waals surface area contributed by atoms with Gasteiger partial charge in [-0.05, 0) is 18.8 Å². The largest absolute Gasteiger partial charge is 0.348 e. The molecule has 0 saturated carbocycles. The predicted molar refractivity (Wildman–Crippen MR) is 58.8 cm³/mol. The summed E-state index contributed by atoms with van der Waals surface area (Å²) in [4.78, 5) is 6.10. The maximum Gasteiger partial charge on any atom is 0.206 e. The molecule has 80 valence electrons. The van der Waals surface area contributed by atoms with Crippen molar-refractivity contribution in [2.24, 2.45) is 10.9 Å². The van der Waals surface area contributed by atoms with Gasteiger partial charge in [-0.2, -0.15) is 5.26 Å². The van der Waals surface area contributed by atoms with E-state index in [9.17, 15) is 0 Å². The number of hydrogen-bond donors (Lipinski definition) is 1. The topological polar surface area (TPSA) is 51.4 Å². The Kier molecular flexibility index (Phi) is 6.55. The van der Waals surface area contributed by atoms with Crippen LogP contribution in [0.4, 0.5) is 0 Å². The minimum Gasteiger partial charge on any atom is -0.348 e. The van der Waals surface area contributed by atoms with Crippen molar-refractivity contribution < 1.29 is 0 Å². The van der Waals surface area contributed by atoms with Crippen molar-refractivity contribution >= 4 is 5.96 Å². The van der Waals surface area contributed by atoms with Gasteiger partial charge in [-0.1, -0.05) is 13.8 Å². The van der Waals surface area contributed by atoms with Crippen molar-refractivity contribution in [3.8, 4) is 6.19 Å². The van der Waals surface area contributed by atoms with Crippen LogP contribution in [0.5, 0.6) is 0 Å². The lowest BCUT2D eigenvalue weighted by atomic mass is 10.1. The Morgan fingerprint density at radius 2 is 2.14 bits per heavy atom. The molecule has 0 bridgehead atoms. The lowest BCUT2D eigenvalue weighted by Crippen LogP contribution is -2.33. The lowest BCUT2D eigenvalue weighted by Gasteiger charge is -2.13. The first-order valence-electron chi connectivity index (χ1n) is 4.94. The minimum atomic E-state index is 0.635. The lowest BCUT2D eigenvalue weighted by molar-refractivity contribution is 0.553. The smallest absolute Gasteiger partial charge is 0.206 e. The van der Waals surface area contributed by atoms with Gasteiger partial charge in [0, 0.05) is 20.6 Å². The van der Waals surface area contributed by atoms with Crippen LogP contribution in [0.1, 0.15) is 26.7 Å². The number of aliphatic imine (C=N–C) groups is 1. The van der Waals surface area contributed by atoms with Gasteiger partial charge in [0.1, 0.15) is 0 Å². The van der Waals surface area contributed by atoms with Gasteiger partial charge in [0.05, 0.1) is 0 Å². The molecule has 0 rings (SSSR count). The average molecular weight is 196 g/mol. The predicted octanol–water partition coefficient (Wildman–Crippen LogP) is 1.41. The summed E-state index contributed by atoms with van der Waals surface area (Å²) in [5.74, 6) is 1.35. The summed E-state index contributed by atoms with van der Waals surface area (Å²) in [6, 6.07) is 0. The second-order valence-electron chi connectivity index (χ2n) is 3.87. The summed E-state index contributed by atoms with van der Waals surface area (Å²) < 4.78 is 0. The van der Waals surface area contributed by atoms with Crippen LogP contribution in [0.15, 0.2) is 4.99 Å². The third kappa shape index (κ3) is 6.30. The fourth-order valence-electron chi connectivity index (χ4n) is 1.03. The van der Waals surface area contributed by atoms with Gasteiger partial charge in [0.25, 0.3) is 0 Å². The summed E-state index contributed by atoms with van der Waals surface area (Å²) in [6.07, 6.45) is 4.13. The SMILES string of the molecule is CC(C)CCCN=C(NC#N)N(C)C. The van der Waals surface area contributed by atoms with Crippen LogP contribution in [-0.4, -0.2) is 31.5 Å². The Morgan fingerprint density at radius 1 is 1.50 bits per heavy atom. The molecule has 0 aromatic carbocycles. The van der Waals surface area contributed by atoms with Crippen molar-refractivity contribution in [3.05, 3.63) is 0 Å². The van der Waals surface area contributed by atoms with E-state index in [4.69, 9.17) is 5.26 Å². The van der Waals surface area contributed by atoms with Crippen molar-refractivity contribution in [2.45, 2.75) is 26.7 Å². The quantitative estimate of drug-likeness (QED) is 0.243. The zero-order chi connectivity index (χ0) is 11.0. The van der Waals surface area contributed by atoms with Crippen molar-refractivity contribution in [3.63, 3.8) is 0 Å². The first-order valence-corrected chi connectivity index (χ1v) is 4.94. The Hall–Kier alpha value is -1.24. The maximum absolute atomic E-state index is 8.46. The summed E-state index contributed by atoms with van der Waals surface area (Å²) in [5.41, 5.74) is 0. The fourth-order valence-corrected chi connectivity index (χ4v) is 1.03. The van der Waals surface area contributed by atoms with Gasteiger partial charge >= 0.3 is 0 Å². The van der Waals surface area contributed by atoms with Gasteiger partial charge in [-0.25, -0.2) is 0 Å². The summed E-state index contributed by atoms with van der Waals surface area (Å²) >= 11 is 0. The summed E-state index contributed by atoms with van der Waals surface area (Å²) in [7, 11) is 3.73. The highest BCUT2D eigenvalue weighted by Gasteiger charge is 1.99. The third-order valence-electron chi connectivity index (χ3n) is 1.79. The molecule has 4 nitrogen and oxygen atoms in total. The van der Waals surface area contributed by atoms with E-state index in [0.29, 0.717) is 5.96 Å². The Balaban J connectivity index is 3.86. The first kappa shape index (κ1) is 12.8. The molecule has 0 fully saturated rings. The van der Waals surface area contributed by atoms with E-state index in [1.54, 1.807) is 4.90 Å². The normalized spacial score (nSPS) is 11.3. The number of guanidine groups is 1. The third-order valence-corrected chi connectivity index (χ3v) is 1.79. The molecule has 0 aliphatic heterocycles. The first-order chi connectivity index (χ1) is 6.57. The number of rotatable bonds is 4. The number of nitrogens with zero attached hydrogens (tertiary/aromatic N) is 3. The second-order valence-corrected chi connectivity index (χ2v) is 3.87. The fraction of sp³-hybridized carbons (Fsp3) is 0.800. The molecule has 0 saturated heterocycles. The molecular formula is C10H20N4. The molecular weight excluding hydrogens is 176 g/mol. The van der Waals surface area contributed by atoms with Gasteiger partial charge in [-0.15, -0.1) is 0 Å². The highest BCUT2D eigenvalue weighted by molar-refractivity contribution is 5.80. The van der Waals surface area contributed by atoms with Crippen molar-refractivity contribution in [1.29, 1.82) is 5.26 Å². The number of hydrogen-bond acceptors (Lipinski definition) is 2. The molecule has 0 amide bonds. The molecule has 0 unspecified atom stereocenters. The summed E-state index contributed by atoms with van der Waals surface area (Å²) in [5, 5.41) is 11.0. The van der Waals surface area contributed by atoms with Crippen LogP contribution >= 0.6 is 0 Å². The molecule has 14 heavy (non-hydrogen) atoms. The van der Waals surface area contributed by atoms with Crippen LogP contribution in [0.2, 0.25) is 0 Å². The Labute approximate surface area is 86.6 Å². The zero-order valence-electron chi connectivity index (χ0n) is 9.54. The molecule has 1 N–H and O–H groups in total. The van der Waals surface area contributed by atoms with E-state index in [-0.39, 0.29) is 0 Å². The highest BCUT2D eigenvalue weighted by Crippen LogP contribution is 2.02. The number of nitriles is 1. The van der Waals surface area contributed by atoms with Crippen molar-refractivity contribution in [1.82, 2.24) is 10.2 Å². The number of nitrogens with one attached hydrogen (secondary N) is 1. The van der Waals surface area contributed by atoms with Gasteiger partial charge in [0.15, 0.2) is 6.19 Å². The second kappa shape index (κ2) is 7.19. The Morgan fingerprint density at radius 3 is 2.57 bits per heavy atom. The van der Waals surface area contributed by atoms with Crippen LogP contribution in [0.3, 0.4) is 0 Å². The van der Waals surface area contributed by atoms with E-state index >= 15 is 0 Å². The molecule has 0 aromatic rings. The molecule has 0 aromatic heterocycles. The average Bonchev–Trinajstić information content (AvgIpc) is 2.09. The van der Waals surface area contributed by atoms with E-state index in [0.717, 1.165) is 18.9 Å². The molecule has 0 heterocycles. The van der Waals surface area contributed by atoms with E-state index in [2.05, 4.69) is 24.2 Å². The molecule has 0 atom stereocenters. The van der Waals surface area contributed by atoms with Crippen LogP contribution in [-0.2, 0) is 0 Å². The highest BCUT2D eigenvalue weighted by atomic mass is 15.3. The van der Waals surface area contributed by atoms with Crippen LogP contribution in [0, 0.1) is 17.4 Å². The van der Waals surface area contributed by atoms with Crippen molar-refractivity contribution in [2.75, 3.05) is 20.6 Å². The summed E-state index contributed by atoms with van der Waals surface area (Å²) in [6.45, 7) is 5.18. The standard InChI is InChI=1S/C10H20N4/c1-9(2)6-5-7-12-10(13-8-11)14(3)4/h9H,5-7H2,1-4H3,(H,12,13). The molecule has 4 heteroatoms. The molecule has 0 spiro atoms. The van der Waals surface area contributed by atoms with Gasteiger partial charge in [-0.3, -0.25) is 10.3 Å². The van der Waals surface area contributed by atoms with E-state index in [1.807, 2.05) is 20.3 Å². The monoisotopic (exact) mass is 196 g/mol. The van der Waals surface area contributed by atoms with E-state index in [1.165, 1.54) is 6.42 Å². The minimum absolute atomic E-state index is 0.635. The van der Waals surface area contributed by atoms with Crippen LogP contribution in [0.25, 0.3) is 0 Å². The maximum atomic E-state index is 8.46. The van der Waals surface area contributed by atoms with Crippen LogP contribution < -0.4 is 5.32 Å². The zero-order valence-corrected chi connectivity index (χ0v) is 9.54. The Bertz CT molecular complexity index is 213. The molecule has 0 aliphatic carbocycles. The van der Waals surface area contributed by atoms with E-state index < -0.39 is 0 Å².